The van der Waals surface area contributed by atoms with E-state index < -0.39 is 5.41 Å². The second-order valence-electron chi connectivity index (χ2n) is 6.97. The first-order valence-electron chi connectivity index (χ1n) is 7.77. The molecule has 1 unspecified atom stereocenters. The number of carbonyl (C=O) groups excluding carboxylic acids is 2. The van der Waals surface area contributed by atoms with E-state index in [0.717, 1.165) is 23.5 Å². The largest absolute Gasteiger partial charge is 0.355 e. The molecule has 2 amide bonds. The highest BCUT2D eigenvalue weighted by Gasteiger charge is 2.35. The van der Waals surface area contributed by atoms with Crippen LogP contribution in [0.1, 0.15) is 56.8 Å². The second kappa shape index (κ2) is 6.77. The molecule has 1 atom stereocenters. The van der Waals surface area contributed by atoms with Crippen molar-refractivity contribution in [2.24, 2.45) is 11.3 Å². The number of hydrogen-bond donors (Lipinski definition) is 2. The summed E-state index contributed by atoms with van der Waals surface area (Å²) >= 11 is 1.60. The van der Waals surface area contributed by atoms with Crippen LogP contribution in [0, 0.1) is 18.3 Å². The Balaban J connectivity index is 1.81. The van der Waals surface area contributed by atoms with E-state index >= 15 is 0 Å². The Morgan fingerprint density at radius 3 is 2.59 bits per heavy atom. The van der Waals surface area contributed by atoms with Gasteiger partial charge in [0.05, 0.1) is 6.04 Å². The van der Waals surface area contributed by atoms with Crippen LogP contribution in [-0.4, -0.2) is 23.3 Å². The van der Waals surface area contributed by atoms with Gasteiger partial charge in [0.1, 0.15) is 5.01 Å². The maximum Gasteiger partial charge on any atom is 0.225 e. The lowest BCUT2D eigenvalue weighted by atomic mass is 9.96. The first kappa shape index (κ1) is 16.9. The van der Waals surface area contributed by atoms with E-state index in [1.54, 1.807) is 11.3 Å². The Bertz CT molecular complexity index is 544. The van der Waals surface area contributed by atoms with Crippen LogP contribution in [0.15, 0.2) is 5.38 Å². The van der Waals surface area contributed by atoms with Gasteiger partial charge in [-0.05, 0) is 25.7 Å². The highest BCUT2D eigenvalue weighted by atomic mass is 32.1. The highest BCUT2D eigenvalue weighted by molar-refractivity contribution is 7.09. The average Bonchev–Trinajstić information content (AvgIpc) is 3.17. The summed E-state index contributed by atoms with van der Waals surface area (Å²) in [5.74, 6) is 0.451. The summed E-state index contributed by atoms with van der Waals surface area (Å²) in [7, 11) is 0. The Hall–Kier alpha value is -1.43. The van der Waals surface area contributed by atoms with E-state index in [2.05, 4.69) is 15.6 Å². The summed E-state index contributed by atoms with van der Waals surface area (Å²) < 4.78 is 0. The molecule has 1 fully saturated rings. The number of thiazole rings is 1. The van der Waals surface area contributed by atoms with Crippen LogP contribution < -0.4 is 10.6 Å². The quantitative estimate of drug-likeness (QED) is 0.845. The van der Waals surface area contributed by atoms with Crippen LogP contribution in [0.2, 0.25) is 0 Å². The molecule has 0 saturated heterocycles. The van der Waals surface area contributed by atoms with Crippen LogP contribution in [0.4, 0.5) is 0 Å². The molecule has 2 N–H and O–H groups in total. The molecule has 0 spiro atoms. The zero-order chi connectivity index (χ0) is 16.3. The molecular formula is C16H25N3O2S. The first-order valence-corrected chi connectivity index (χ1v) is 8.65. The molecule has 1 saturated carbocycles. The first-order chi connectivity index (χ1) is 10.3. The second-order valence-corrected chi connectivity index (χ2v) is 7.86. The Morgan fingerprint density at radius 1 is 1.41 bits per heavy atom. The summed E-state index contributed by atoms with van der Waals surface area (Å²) in [5.41, 5.74) is 0.572. The van der Waals surface area contributed by atoms with Crippen molar-refractivity contribution < 1.29 is 9.59 Å². The van der Waals surface area contributed by atoms with Crippen molar-refractivity contribution in [3.8, 4) is 0 Å². The predicted octanol–water partition coefficient (Wildman–Crippen LogP) is 2.57. The number of aromatic nitrogens is 1. The molecule has 0 radical (unpaired) electrons. The molecule has 6 heteroatoms. The molecule has 2 rings (SSSR count). The summed E-state index contributed by atoms with van der Waals surface area (Å²) in [6.45, 7) is 7.91. The number of nitrogens with zero attached hydrogens (tertiary/aromatic N) is 1. The number of amides is 2. The third-order valence-electron chi connectivity index (χ3n) is 3.63. The fourth-order valence-electron chi connectivity index (χ4n) is 2.13. The normalized spacial score (nSPS) is 16.2. The molecular weight excluding hydrogens is 298 g/mol. The molecule has 1 aliphatic carbocycles. The van der Waals surface area contributed by atoms with Gasteiger partial charge in [0.25, 0.3) is 0 Å². The van der Waals surface area contributed by atoms with Crippen LogP contribution in [0.5, 0.6) is 0 Å². The van der Waals surface area contributed by atoms with Gasteiger partial charge in [-0.1, -0.05) is 20.8 Å². The summed E-state index contributed by atoms with van der Waals surface area (Å²) in [6.07, 6.45) is 2.59. The third-order valence-corrected chi connectivity index (χ3v) is 4.68. The monoisotopic (exact) mass is 323 g/mol. The third kappa shape index (κ3) is 4.80. The van der Waals surface area contributed by atoms with Crippen LogP contribution in [0.25, 0.3) is 0 Å². The van der Waals surface area contributed by atoms with Gasteiger partial charge >= 0.3 is 0 Å². The number of nitrogens with one attached hydrogen (secondary N) is 2. The van der Waals surface area contributed by atoms with Crippen LogP contribution >= 0.6 is 11.3 Å². The molecule has 1 aliphatic rings. The molecule has 122 valence electrons. The number of hydrogen-bond acceptors (Lipinski definition) is 4. The zero-order valence-corrected chi connectivity index (χ0v) is 14.5. The molecule has 1 aromatic rings. The molecule has 0 bridgehead atoms. The van der Waals surface area contributed by atoms with Gasteiger partial charge in [0, 0.05) is 29.5 Å². The van der Waals surface area contributed by atoms with Crippen molar-refractivity contribution in [1.82, 2.24) is 15.6 Å². The van der Waals surface area contributed by atoms with Crippen molar-refractivity contribution in [3.05, 3.63) is 16.1 Å². The molecule has 1 aromatic heterocycles. The molecule has 5 nitrogen and oxygen atoms in total. The van der Waals surface area contributed by atoms with E-state index in [1.165, 1.54) is 0 Å². The minimum Gasteiger partial charge on any atom is -0.355 e. The van der Waals surface area contributed by atoms with Gasteiger partial charge in [-0.3, -0.25) is 9.59 Å². The lowest BCUT2D eigenvalue weighted by Crippen LogP contribution is -2.38. The highest BCUT2D eigenvalue weighted by Crippen LogP contribution is 2.41. The minimum atomic E-state index is -0.425. The van der Waals surface area contributed by atoms with Gasteiger partial charge in [0.15, 0.2) is 0 Å². The SMILES string of the molecule is Cc1csc(C(NC(=O)CCNC(=O)C(C)(C)C)C2CC2)n1. The lowest BCUT2D eigenvalue weighted by Gasteiger charge is -2.18. The lowest BCUT2D eigenvalue weighted by molar-refractivity contribution is -0.128. The van der Waals surface area contributed by atoms with E-state index in [-0.39, 0.29) is 17.9 Å². The van der Waals surface area contributed by atoms with E-state index in [9.17, 15) is 9.59 Å². The fourth-order valence-corrected chi connectivity index (χ4v) is 3.06. The molecule has 22 heavy (non-hydrogen) atoms. The van der Waals surface area contributed by atoms with Crippen LogP contribution in [0.3, 0.4) is 0 Å². The van der Waals surface area contributed by atoms with Gasteiger partial charge in [-0.15, -0.1) is 11.3 Å². The van der Waals surface area contributed by atoms with Crippen molar-refractivity contribution in [1.29, 1.82) is 0 Å². The molecule has 0 aromatic carbocycles. The fraction of sp³-hybridized carbons (Fsp3) is 0.688. The average molecular weight is 323 g/mol. The van der Waals surface area contributed by atoms with E-state index in [4.69, 9.17) is 0 Å². The maximum atomic E-state index is 12.1. The van der Waals surface area contributed by atoms with Crippen molar-refractivity contribution in [3.63, 3.8) is 0 Å². The maximum absolute atomic E-state index is 12.1. The summed E-state index contributed by atoms with van der Waals surface area (Å²) in [6, 6.07) is 0.0320. The molecule has 0 aliphatic heterocycles. The van der Waals surface area contributed by atoms with Crippen LogP contribution in [-0.2, 0) is 9.59 Å². The summed E-state index contributed by atoms with van der Waals surface area (Å²) in [5, 5.41) is 8.89. The van der Waals surface area contributed by atoms with Crippen molar-refractivity contribution in [2.75, 3.05) is 6.54 Å². The number of carbonyl (C=O) groups is 2. The Kier molecular flexibility index (Phi) is 5.21. The Labute approximate surface area is 135 Å². The minimum absolute atomic E-state index is 0.0287. The van der Waals surface area contributed by atoms with Gasteiger partial charge < -0.3 is 10.6 Å². The Morgan fingerprint density at radius 2 is 2.09 bits per heavy atom. The number of aryl methyl sites for hydroxylation is 1. The molecule has 1 heterocycles. The number of rotatable bonds is 6. The predicted molar refractivity (Wildman–Crippen MR) is 87.5 cm³/mol. The van der Waals surface area contributed by atoms with Crippen molar-refractivity contribution >= 4 is 23.2 Å². The van der Waals surface area contributed by atoms with Gasteiger partial charge in [-0.2, -0.15) is 0 Å². The van der Waals surface area contributed by atoms with Gasteiger partial charge in [-0.25, -0.2) is 4.98 Å². The topological polar surface area (TPSA) is 71.1 Å². The zero-order valence-electron chi connectivity index (χ0n) is 13.7. The smallest absolute Gasteiger partial charge is 0.225 e. The van der Waals surface area contributed by atoms with E-state index in [1.807, 2.05) is 33.1 Å². The van der Waals surface area contributed by atoms with Crippen molar-refractivity contribution in [2.45, 2.75) is 53.0 Å². The van der Waals surface area contributed by atoms with E-state index in [0.29, 0.717) is 18.9 Å². The van der Waals surface area contributed by atoms with Gasteiger partial charge in [0.2, 0.25) is 11.8 Å². The summed E-state index contributed by atoms with van der Waals surface area (Å²) in [4.78, 5) is 28.4. The standard InChI is InChI=1S/C16H25N3O2S/c1-10-9-22-14(18-10)13(11-5-6-11)19-12(20)7-8-17-15(21)16(2,3)4/h9,11,13H,5-8H2,1-4H3,(H,17,21)(H,19,20).